The molecule has 0 saturated carbocycles. The minimum Gasteiger partial charge on any atom is -0.321 e. The van der Waals surface area contributed by atoms with Crippen LogP contribution in [-0.4, -0.2) is 37.5 Å². The van der Waals surface area contributed by atoms with Gasteiger partial charge in [0.15, 0.2) is 0 Å². The Kier molecular flexibility index (Phi) is 6.73. The van der Waals surface area contributed by atoms with E-state index < -0.39 is 10.0 Å². The van der Waals surface area contributed by atoms with Crippen molar-refractivity contribution < 1.29 is 13.2 Å². The molecule has 0 bridgehead atoms. The highest BCUT2D eigenvalue weighted by Gasteiger charge is 2.27. The summed E-state index contributed by atoms with van der Waals surface area (Å²) in [6.07, 6.45) is 2.19. The number of carbonyl (C=O) groups excluding carboxylic acids is 1. The molecule has 1 N–H and O–H groups in total. The van der Waals surface area contributed by atoms with Gasteiger partial charge in [-0.2, -0.15) is 9.57 Å². The predicted octanol–water partition coefficient (Wildman–Crippen LogP) is 3.73. The number of hydrogen-bond donors (Lipinski definition) is 1. The number of para-hydroxylation sites is 1. The lowest BCUT2D eigenvalue weighted by atomic mass is 10.2. The molecule has 28 heavy (non-hydrogen) atoms. The first-order chi connectivity index (χ1) is 13.5. The number of nitrogens with zero attached hydrogens (tertiary/aromatic N) is 2. The van der Waals surface area contributed by atoms with E-state index in [-0.39, 0.29) is 10.8 Å². The van der Waals surface area contributed by atoms with Crippen molar-refractivity contribution in [1.29, 1.82) is 5.26 Å². The third-order valence-electron chi connectivity index (χ3n) is 4.43. The largest absolute Gasteiger partial charge is 0.321 e. The summed E-state index contributed by atoms with van der Waals surface area (Å²) >= 11 is 1.51. The number of amides is 1. The van der Waals surface area contributed by atoms with Crippen LogP contribution in [0.15, 0.2) is 58.3 Å². The number of hydrogen-bond acceptors (Lipinski definition) is 5. The van der Waals surface area contributed by atoms with Gasteiger partial charge in [-0.25, -0.2) is 8.42 Å². The third kappa shape index (κ3) is 4.73. The summed E-state index contributed by atoms with van der Waals surface area (Å²) < 4.78 is 26.6. The number of nitrogens with one attached hydrogen (secondary N) is 1. The number of thioether (sulfide) groups is 1. The molecule has 0 radical (unpaired) electrons. The summed E-state index contributed by atoms with van der Waals surface area (Å²) in [6, 6.07) is 15.5. The molecule has 3 rings (SSSR count). The fourth-order valence-electron chi connectivity index (χ4n) is 2.95. The molecule has 1 fully saturated rings. The number of anilines is 1. The SMILES string of the molecule is N#CCCSc1ccccc1NC(=O)c1ccc(S(=O)(=O)N2CCCC2)cc1. The van der Waals surface area contributed by atoms with Crippen LogP contribution in [-0.2, 0) is 10.0 Å². The Bertz CT molecular complexity index is 977. The first-order valence-electron chi connectivity index (χ1n) is 9.03. The van der Waals surface area contributed by atoms with Crippen molar-refractivity contribution in [2.45, 2.75) is 29.1 Å². The quantitative estimate of drug-likeness (QED) is 0.550. The lowest BCUT2D eigenvalue weighted by molar-refractivity contribution is 0.102. The van der Waals surface area contributed by atoms with Crippen LogP contribution in [0.1, 0.15) is 29.6 Å². The van der Waals surface area contributed by atoms with Crippen molar-refractivity contribution >= 4 is 33.4 Å². The first-order valence-corrected chi connectivity index (χ1v) is 11.5. The van der Waals surface area contributed by atoms with Crippen LogP contribution < -0.4 is 5.32 Å². The van der Waals surface area contributed by atoms with Gasteiger partial charge in [0.2, 0.25) is 10.0 Å². The molecule has 2 aromatic rings. The van der Waals surface area contributed by atoms with Gasteiger partial charge in [-0.05, 0) is 49.2 Å². The molecule has 0 spiro atoms. The molecule has 8 heteroatoms. The molecule has 6 nitrogen and oxygen atoms in total. The van der Waals surface area contributed by atoms with Crippen molar-refractivity contribution in [3.63, 3.8) is 0 Å². The van der Waals surface area contributed by atoms with Gasteiger partial charge in [-0.15, -0.1) is 11.8 Å². The summed E-state index contributed by atoms with van der Waals surface area (Å²) in [6.45, 7) is 1.09. The second-order valence-corrected chi connectivity index (χ2v) is 9.42. The van der Waals surface area contributed by atoms with Gasteiger partial charge < -0.3 is 5.32 Å². The molecule has 1 saturated heterocycles. The second kappa shape index (κ2) is 9.24. The fraction of sp³-hybridized carbons (Fsp3) is 0.300. The summed E-state index contributed by atoms with van der Waals surface area (Å²) in [7, 11) is -3.49. The molecule has 0 aromatic heterocycles. The Morgan fingerprint density at radius 2 is 1.79 bits per heavy atom. The van der Waals surface area contributed by atoms with Crippen molar-refractivity contribution in [3.8, 4) is 6.07 Å². The maximum absolute atomic E-state index is 12.6. The average molecular weight is 416 g/mol. The van der Waals surface area contributed by atoms with Crippen LogP contribution in [0, 0.1) is 11.3 Å². The van der Waals surface area contributed by atoms with Gasteiger partial charge >= 0.3 is 0 Å². The Morgan fingerprint density at radius 1 is 1.11 bits per heavy atom. The highest BCUT2D eigenvalue weighted by Crippen LogP contribution is 2.28. The molecule has 1 heterocycles. The molecular weight excluding hydrogens is 394 g/mol. The summed E-state index contributed by atoms with van der Waals surface area (Å²) in [5, 5.41) is 11.5. The Morgan fingerprint density at radius 3 is 2.46 bits per heavy atom. The summed E-state index contributed by atoms with van der Waals surface area (Å²) in [5.74, 6) is 0.338. The van der Waals surface area contributed by atoms with E-state index in [1.807, 2.05) is 18.2 Å². The molecule has 1 aliphatic rings. The van der Waals surface area contributed by atoms with Gasteiger partial charge in [0.25, 0.3) is 5.91 Å². The fourth-order valence-corrected chi connectivity index (χ4v) is 5.33. The lowest BCUT2D eigenvalue weighted by Crippen LogP contribution is -2.27. The standard InChI is InChI=1S/C20H21N3O3S2/c21-12-5-15-27-19-7-2-1-6-18(19)22-20(24)16-8-10-17(11-9-16)28(25,26)23-13-3-4-14-23/h1-2,6-11H,3-5,13-15H2,(H,22,24). The first kappa shape index (κ1) is 20.4. The Labute approximate surface area is 169 Å². The number of rotatable bonds is 7. The van der Waals surface area contributed by atoms with Gasteiger partial charge in [0, 0.05) is 35.7 Å². The molecule has 0 atom stereocenters. The van der Waals surface area contributed by atoms with Gasteiger partial charge in [0.1, 0.15) is 0 Å². The van der Waals surface area contributed by atoms with Gasteiger partial charge in [0.05, 0.1) is 16.7 Å². The van der Waals surface area contributed by atoms with E-state index in [0.29, 0.717) is 36.5 Å². The van der Waals surface area contributed by atoms with Crippen LogP contribution in [0.5, 0.6) is 0 Å². The van der Waals surface area contributed by atoms with Crippen molar-refractivity contribution in [2.24, 2.45) is 0 Å². The smallest absolute Gasteiger partial charge is 0.255 e. The van der Waals surface area contributed by atoms with E-state index in [0.717, 1.165) is 17.7 Å². The summed E-state index contributed by atoms with van der Waals surface area (Å²) in [4.78, 5) is 13.7. The number of benzene rings is 2. The van der Waals surface area contributed by atoms with E-state index >= 15 is 0 Å². The monoisotopic (exact) mass is 415 g/mol. The third-order valence-corrected chi connectivity index (χ3v) is 7.41. The maximum Gasteiger partial charge on any atom is 0.255 e. The van der Waals surface area contributed by atoms with Crippen LogP contribution in [0.3, 0.4) is 0 Å². The van der Waals surface area contributed by atoms with E-state index in [4.69, 9.17) is 5.26 Å². The number of sulfonamides is 1. The zero-order chi connectivity index (χ0) is 20.0. The molecular formula is C20H21N3O3S2. The molecule has 2 aromatic carbocycles. The normalized spacial score (nSPS) is 14.5. The zero-order valence-electron chi connectivity index (χ0n) is 15.3. The predicted molar refractivity (Wildman–Crippen MR) is 110 cm³/mol. The lowest BCUT2D eigenvalue weighted by Gasteiger charge is -2.15. The van der Waals surface area contributed by atoms with E-state index in [2.05, 4.69) is 11.4 Å². The molecule has 1 amide bonds. The number of carbonyl (C=O) groups is 1. The molecule has 1 aliphatic heterocycles. The summed E-state index contributed by atoms with van der Waals surface area (Å²) in [5.41, 5.74) is 1.06. The Balaban J connectivity index is 1.71. The van der Waals surface area contributed by atoms with Crippen LogP contribution in [0.4, 0.5) is 5.69 Å². The number of nitriles is 1. The highest BCUT2D eigenvalue weighted by atomic mass is 32.2. The van der Waals surface area contributed by atoms with Crippen molar-refractivity contribution in [3.05, 3.63) is 54.1 Å². The average Bonchev–Trinajstić information content (AvgIpc) is 3.25. The van der Waals surface area contributed by atoms with Crippen LogP contribution >= 0.6 is 11.8 Å². The maximum atomic E-state index is 12.6. The van der Waals surface area contributed by atoms with Crippen molar-refractivity contribution in [2.75, 3.05) is 24.2 Å². The van der Waals surface area contributed by atoms with E-state index in [1.54, 1.807) is 6.07 Å². The molecule has 0 unspecified atom stereocenters. The highest BCUT2D eigenvalue weighted by molar-refractivity contribution is 7.99. The molecule has 0 aliphatic carbocycles. The van der Waals surface area contributed by atoms with Crippen molar-refractivity contribution in [1.82, 2.24) is 4.31 Å². The van der Waals surface area contributed by atoms with Crippen LogP contribution in [0.25, 0.3) is 0 Å². The van der Waals surface area contributed by atoms with Gasteiger partial charge in [-0.3, -0.25) is 4.79 Å². The zero-order valence-corrected chi connectivity index (χ0v) is 16.9. The minimum atomic E-state index is -3.49. The second-order valence-electron chi connectivity index (χ2n) is 6.34. The molecule has 146 valence electrons. The van der Waals surface area contributed by atoms with E-state index in [1.165, 1.54) is 40.3 Å². The topological polar surface area (TPSA) is 90.3 Å². The van der Waals surface area contributed by atoms with E-state index in [9.17, 15) is 13.2 Å². The minimum absolute atomic E-state index is 0.207. The van der Waals surface area contributed by atoms with Crippen LogP contribution in [0.2, 0.25) is 0 Å². The Hall–Kier alpha value is -2.34. The van der Waals surface area contributed by atoms with Gasteiger partial charge in [-0.1, -0.05) is 12.1 Å².